The Hall–Kier alpha value is -2.87. The minimum absolute atomic E-state index is 0.132. The number of anilines is 1. The quantitative estimate of drug-likeness (QED) is 0.522. The van der Waals surface area contributed by atoms with Gasteiger partial charge < -0.3 is 10.1 Å². The smallest absolute Gasteiger partial charge is 0.262 e. The van der Waals surface area contributed by atoms with Gasteiger partial charge in [0.15, 0.2) is 6.61 Å². The van der Waals surface area contributed by atoms with Crippen molar-refractivity contribution in [1.29, 1.82) is 0 Å². The van der Waals surface area contributed by atoms with Gasteiger partial charge in [-0.15, -0.1) is 0 Å². The molecule has 2 N–H and O–H groups in total. The Bertz CT molecular complexity index is 1180. The van der Waals surface area contributed by atoms with Gasteiger partial charge in [-0.1, -0.05) is 48.0 Å². The Morgan fingerprint density at radius 2 is 1.74 bits per heavy atom. The van der Waals surface area contributed by atoms with Crippen LogP contribution in [0, 0.1) is 13.8 Å². The third-order valence-electron chi connectivity index (χ3n) is 4.67. The van der Waals surface area contributed by atoms with Gasteiger partial charge in [0.1, 0.15) is 5.75 Å². The zero-order chi connectivity index (χ0) is 22.4. The largest absolute Gasteiger partial charge is 0.483 e. The molecular formula is C23H23ClN2O4S. The Kier molecular flexibility index (Phi) is 7.33. The van der Waals surface area contributed by atoms with Crippen molar-refractivity contribution in [3.05, 3.63) is 88.4 Å². The maximum atomic E-state index is 12.6. The predicted molar refractivity (Wildman–Crippen MR) is 122 cm³/mol. The minimum atomic E-state index is -3.68. The van der Waals surface area contributed by atoms with E-state index < -0.39 is 10.0 Å². The number of amides is 1. The number of carbonyl (C=O) groups excluding carboxylic acids is 1. The third-order valence-corrected chi connectivity index (χ3v) is 6.47. The number of hydrogen-bond acceptors (Lipinski definition) is 4. The Labute approximate surface area is 187 Å². The molecule has 8 heteroatoms. The van der Waals surface area contributed by atoms with Crippen molar-refractivity contribution in [2.75, 3.05) is 11.9 Å². The van der Waals surface area contributed by atoms with Crippen LogP contribution in [0.3, 0.4) is 0 Å². The van der Waals surface area contributed by atoms with Gasteiger partial charge in [-0.25, -0.2) is 13.1 Å². The van der Waals surface area contributed by atoms with Crippen molar-refractivity contribution >= 4 is 33.2 Å². The van der Waals surface area contributed by atoms with Crippen molar-refractivity contribution in [2.24, 2.45) is 0 Å². The summed E-state index contributed by atoms with van der Waals surface area (Å²) in [6.45, 7) is 3.52. The summed E-state index contributed by atoms with van der Waals surface area (Å²) in [5.41, 5.74) is 2.85. The minimum Gasteiger partial charge on any atom is -0.483 e. The van der Waals surface area contributed by atoms with Crippen LogP contribution in [-0.2, 0) is 21.4 Å². The topological polar surface area (TPSA) is 84.5 Å². The molecule has 162 valence electrons. The molecule has 31 heavy (non-hydrogen) atoms. The number of carbonyl (C=O) groups is 1. The highest BCUT2D eigenvalue weighted by molar-refractivity contribution is 7.89. The fraction of sp³-hybridized carbons (Fsp3) is 0.174. The first-order chi connectivity index (χ1) is 14.8. The van der Waals surface area contributed by atoms with Crippen molar-refractivity contribution in [1.82, 2.24) is 4.72 Å². The first kappa shape index (κ1) is 22.8. The number of ether oxygens (including phenoxy) is 1. The fourth-order valence-electron chi connectivity index (χ4n) is 2.88. The van der Waals surface area contributed by atoms with Gasteiger partial charge in [0.2, 0.25) is 10.0 Å². The van der Waals surface area contributed by atoms with Gasteiger partial charge in [0, 0.05) is 17.3 Å². The van der Waals surface area contributed by atoms with Crippen LogP contribution in [0.25, 0.3) is 0 Å². The number of sulfonamides is 1. The molecule has 0 spiro atoms. The summed E-state index contributed by atoms with van der Waals surface area (Å²) in [5.74, 6) is 0.0889. The molecule has 0 atom stereocenters. The van der Waals surface area contributed by atoms with E-state index in [1.165, 1.54) is 12.1 Å². The van der Waals surface area contributed by atoms with E-state index >= 15 is 0 Å². The van der Waals surface area contributed by atoms with Gasteiger partial charge in [-0.3, -0.25) is 4.79 Å². The van der Waals surface area contributed by atoms with Crippen molar-refractivity contribution in [2.45, 2.75) is 25.3 Å². The maximum Gasteiger partial charge on any atom is 0.262 e. The second-order valence-electron chi connectivity index (χ2n) is 6.99. The van der Waals surface area contributed by atoms with Crippen LogP contribution in [0.4, 0.5) is 5.69 Å². The maximum absolute atomic E-state index is 12.6. The van der Waals surface area contributed by atoms with Crippen molar-refractivity contribution < 1.29 is 17.9 Å². The molecule has 1 amide bonds. The monoisotopic (exact) mass is 458 g/mol. The first-order valence-corrected chi connectivity index (χ1v) is 11.4. The average molecular weight is 459 g/mol. The van der Waals surface area contributed by atoms with E-state index in [0.717, 1.165) is 11.1 Å². The number of nitrogens with one attached hydrogen (secondary N) is 2. The normalized spacial score (nSPS) is 11.2. The van der Waals surface area contributed by atoms with Crippen LogP contribution in [0.5, 0.6) is 5.75 Å². The van der Waals surface area contributed by atoms with E-state index in [1.54, 1.807) is 31.2 Å². The van der Waals surface area contributed by atoms with Crippen LogP contribution in [0.15, 0.2) is 71.6 Å². The zero-order valence-electron chi connectivity index (χ0n) is 17.2. The molecule has 0 heterocycles. The number of hydrogen-bond donors (Lipinski definition) is 2. The van der Waals surface area contributed by atoms with Crippen LogP contribution < -0.4 is 14.8 Å². The highest BCUT2D eigenvalue weighted by Gasteiger charge is 2.16. The summed E-state index contributed by atoms with van der Waals surface area (Å²) >= 11 is 6.06. The third kappa shape index (κ3) is 6.07. The predicted octanol–water partition coefficient (Wildman–Crippen LogP) is 4.45. The van der Waals surface area contributed by atoms with Gasteiger partial charge in [0.25, 0.3) is 5.91 Å². The van der Waals surface area contributed by atoms with E-state index in [1.807, 2.05) is 37.3 Å². The van der Waals surface area contributed by atoms with Crippen LogP contribution >= 0.6 is 11.6 Å². The number of halogens is 1. The van der Waals surface area contributed by atoms with Gasteiger partial charge in [-0.05, 0) is 60.9 Å². The number of rotatable bonds is 8. The van der Waals surface area contributed by atoms with Crippen LogP contribution in [0.2, 0.25) is 5.02 Å². The highest BCUT2D eigenvalue weighted by Crippen LogP contribution is 2.24. The van der Waals surface area contributed by atoms with E-state index in [4.69, 9.17) is 16.3 Å². The summed E-state index contributed by atoms with van der Waals surface area (Å²) in [7, 11) is -3.68. The van der Waals surface area contributed by atoms with Gasteiger partial charge in [0.05, 0.1) is 4.90 Å². The second kappa shape index (κ2) is 9.96. The van der Waals surface area contributed by atoms with Crippen LogP contribution in [0.1, 0.15) is 16.7 Å². The van der Waals surface area contributed by atoms with Crippen molar-refractivity contribution in [3.8, 4) is 5.75 Å². The van der Waals surface area contributed by atoms with E-state index in [2.05, 4.69) is 10.0 Å². The van der Waals surface area contributed by atoms with Gasteiger partial charge in [-0.2, -0.15) is 0 Å². The lowest BCUT2D eigenvalue weighted by Crippen LogP contribution is -2.23. The Morgan fingerprint density at radius 1 is 1.00 bits per heavy atom. The molecule has 0 fully saturated rings. The molecular weight excluding hydrogens is 436 g/mol. The highest BCUT2D eigenvalue weighted by atomic mass is 35.5. The summed E-state index contributed by atoms with van der Waals surface area (Å²) in [6, 6.07) is 19.0. The molecule has 3 aromatic rings. The molecule has 0 saturated heterocycles. The molecule has 0 aliphatic carbocycles. The summed E-state index contributed by atoms with van der Waals surface area (Å²) in [5, 5.41) is 3.32. The molecule has 0 unspecified atom stereocenters. The lowest BCUT2D eigenvalue weighted by molar-refractivity contribution is -0.118. The van der Waals surface area contributed by atoms with E-state index in [0.29, 0.717) is 22.0 Å². The lowest BCUT2D eigenvalue weighted by atomic mass is 10.2. The molecule has 0 bridgehead atoms. The molecule has 3 rings (SSSR count). The summed E-state index contributed by atoms with van der Waals surface area (Å²) < 4.78 is 33.3. The standard InChI is InChI=1S/C23H23ClN2O4S/c1-16-13-19(31(28,29)25-14-18-7-4-3-5-8-18)11-12-22(16)30-15-23(27)26-21-10-6-9-20(24)17(21)2/h3-13,25H,14-15H2,1-2H3,(H,26,27). The molecule has 0 aromatic heterocycles. The fourth-order valence-corrected chi connectivity index (χ4v) is 4.16. The molecule has 0 radical (unpaired) electrons. The Morgan fingerprint density at radius 3 is 2.45 bits per heavy atom. The zero-order valence-corrected chi connectivity index (χ0v) is 18.8. The second-order valence-corrected chi connectivity index (χ2v) is 9.16. The summed E-state index contributed by atoms with van der Waals surface area (Å²) in [6.07, 6.45) is 0. The summed E-state index contributed by atoms with van der Waals surface area (Å²) in [4.78, 5) is 12.4. The lowest BCUT2D eigenvalue weighted by Gasteiger charge is -2.13. The van der Waals surface area contributed by atoms with Crippen LogP contribution in [-0.4, -0.2) is 20.9 Å². The SMILES string of the molecule is Cc1cc(S(=O)(=O)NCc2ccccc2)ccc1OCC(=O)Nc1cccc(Cl)c1C. The molecule has 3 aromatic carbocycles. The Balaban J connectivity index is 1.61. The molecule has 0 saturated carbocycles. The van der Waals surface area contributed by atoms with E-state index in [-0.39, 0.29) is 24.0 Å². The van der Waals surface area contributed by atoms with Crippen molar-refractivity contribution in [3.63, 3.8) is 0 Å². The molecule has 0 aliphatic rings. The van der Waals surface area contributed by atoms with E-state index in [9.17, 15) is 13.2 Å². The number of aryl methyl sites for hydroxylation is 1. The molecule has 0 aliphatic heterocycles. The average Bonchev–Trinajstić information content (AvgIpc) is 2.75. The van der Waals surface area contributed by atoms with Gasteiger partial charge >= 0.3 is 0 Å². The number of benzene rings is 3. The molecule has 6 nitrogen and oxygen atoms in total. The first-order valence-electron chi connectivity index (χ1n) is 9.58.